The highest BCUT2D eigenvalue weighted by atomic mass is 35.5. The summed E-state index contributed by atoms with van der Waals surface area (Å²) in [7, 11) is 0. The van der Waals surface area contributed by atoms with Crippen molar-refractivity contribution in [2.24, 2.45) is 0 Å². The van der Waals surface area contributed by atoms with E-state index in [1.165, 1.54) is 5.57 Å². The Balaban J connectivity index is 1.55. The molecule has 2 aliphatic rings. The van der Waals surface area contributed by atoms with Crippen LogP contribution in [0, 0.1) is 0 Å². The Kier molecular flexibility index (Phi) is 5.83. The maximum Gasteiger partial charge on any atom is 0.145 e. The molecule has 2 aliphatic heterocycles. The second kappa shape index (κ2) is 7.86. The van der Waals surface area contributed by atoms with Gasteiger partial charge in [0.1, 0.15) is 12.4 Å². The molecular weight excluding hydrogens is 335 g/mol. The lowest BCUT2D eigenvalue weighted by molar-refractivity contribution is 0.0345. The number of hydrogen-bond donors (Lipinski definition) is 1. The number of hydrogen-bond acceptors (Lipinski definition) is 4. The molecule has 0 aliphatic carbocycles. The standard InChI is InChI=1S/C17H22Cl2N2O2/c1-12(10-21-2-4-22-5-3-21)20-9-13-6-14-7-15(18)8-16(19)17(14)23-11-13/h6-8,12,20H,2-5,9-11H2,1H3. The molecule has 6 heteroatoms. The molecule has 1 aromatic rings. The minimum Gasteiger partial charge on any atom is -0.487 e. The van der Waals surface area contributed by atoms with E-state index in [2.05, 4.69) is 23.2 Å². The summed E-state index contributed by atoms with van der Waals surface area (Å²) in [5, 5.41) is 4.76. The highest BCUT2D eigenvalue weighted by molar-refractivity contribution is 6.36. The number of halogens is 2. The van der Waals surface area contributed by atoms with E-state index in [-0.39, 0.29) is 0 Å². The molecule has 0 bridgehead atoms. The van der Waals surface area contributed by atoms with E-state index in [4.69, 9.17) is 32.7 Å². The third-order valence-corrected chi connectivity index (χ3v) is 4.61. The first-order chi connectivity index (χ1) is 11.1. The number of morpholine rings is 1. The molecule has 1 saturated heterocycles. The lowest BCUT2D eigenvalue weighted by Gasteiger charge is -2.29. The van der Waals surface area contributed by atoms with Gasteiger partial charge >= 0.3 is 0 Å². The quantitative estimate of drug-likeness (QED) is 0.878. The number of nitrogens with one attached hydrogen (secondary N) is 1. The van der Waals surface area contributed by atoms with Crippen molar-refractivity contribution in [1.29, 1.82) is 0 Å². The van der Waals surface area contributed by atoms with E-state index in [1.807, 2.05) is 6.07 Å². The van der Waals surface area contributed by atoms with Crippen molar-refractivity contribution >= 4 is 29.3 Å². The highest BCUT2D eigenvalue weighted by Gasteiger charge is 2.17. The zero-order chi connectivity index (χ0) is 16.2. The summed E-state index contributed by atoms with van der Waals surface area (Å²) >= 11 is 12.2. The van der Waals surface area contributed by atoms with Gasteiger partial charge in [-0.1, -0.05) is 23.2 Å². The predicted molar refractivity (Wildman–Crippen MR) is 94.7 cm³/mol. The number of nitrogens with zero attached hydrogens (tertiary/aromatic N) is 1. The lowest BCUT2D eigenvalue weighted by atomic mass is 10.1. The Hall–Kier alpha value is -0.780. The minimum atomic E-state index is 0.415. The van der Waals surface area contributed by atoms with Crippen molar-refractivity contribution in [1.82, 2.24) is 10.2 Å². The number of fused-ring (bicyclic) bond motifs is 1. The zero-order valence-corrected chi connectivity index (χ0v) is 14.8. The third-order valence-electron chi connectivity index (χ3n) is 4.11. The maximum atomic E-state index is 6.16. The first kappa shape index (κ1) is 17.1. The molecule has 0 amide bonds. The Morgan fingerprint density at radius 3 is 2.83 bits per heavy atom. The molecule has 1 fully saturated rings. The largest absolute Gasteiger partial charge is 0.487 e. The van der Waals surface area contributed by atoms with Crippen molar-refractivity contribution in [3.8, 4) is 5.75 Å². The van der Waals surface area contributed by atoms with Crippen LogP contribution in [0.25, 0.3) is 6.08 Å². The van der Waals surface area contributed by atoms with E-state index in [0.717, 1.165) is 50.7 Å². The average molecular weight is 357 g/mol. The normalized spacial score (nSPS) is 19.7. The number of benzene rings is 1. The van der Waals surface area contributed by atoms with Crippen molar-refractivity contribution in [3.63, 3.8) is 0 Å². The molecule has 126 valence electrons. The molecular formula is C17H22Cl2N2O2. The van der Waals surface area contributed by atoms with Gasteiger partial charge in [-0.05, 0) is 30.7 Å². The van der Waals surface area contributed by atoms with Crippen LogP contribution >= 0.6 is 23.2 Å². The van der Waals surface area contributed by atoms with Crippen molar-refractivity contribution in [3.05, 3.63) is 33.3 Å². The van der Waals surface area contributed by atoms with Gasteiger partial charge in [-0.25, -0.2) is 0 Å². The average Bonchev–Trinajstić information content (AvgIpc) is 2.53. The lowest BCUT2D eigenvalue weighted by Crippen LogP contribution is -2.45. The minimum absolute atomic E-state index is 0.415. The molecule has 0 saturated carbocycles. The third kappa shape index (κ3) is 4.61. The predicted octanol–water partition coefficient (Wildman–Crippen LogP) is 3.08. The van der Waals surface area contributed by atoms with Crippen LogP contribution < -0.4 is 10.1 Å². The first-order valence-electron chi connectivity index (χ1n) is 7.96. The van der Waals surface area contributed by atoms with Gasteiger partial charge in [-0.15, -0.1) is 0 Å². The van der Waals surface area contributed by atoms with Crippen LogP contribution in [0.1, 0.15) is 12.5 Å². The molecule has 0 aromatic heterocycles. The van der Waals surface area contributed by atoms with Gasteiger partial charge in [0.05, 0.1) is 18.2 Å². The van der Waals surface area contributed by atoms with Gasteiger partial charge in [-0.3, -0.25) is 4.90 Å². The highest BCUT2D eigenvalue weighted by Crippen LogP contribution is 2.36. The first-order valence-corrected chi connectivity index (χ1v) is 8.72. The molecule has 1 N–H and O–H groups in total. The molecule has 0 radical (unpaired) electrons. The number of ether oxygens (including phenoxy) is 2. The summed E-state index contributed by atoms with van der Waals surface area (Å²) < 4.78 is 11.2. The van der Waals surface area contributed by atoms with Gasteiger partial charge in [0.15, 0.2) is 0 Å². The molecule has 0 spiro atoms. The van der Waals surface area contributed by atoms with Crippen LogP contribution in [0.4, 0.5) is 0 Å². The molecule has 1 atom stereocenters. The monoisotopic (exact) mass is 356 g/mol. The second-order valence-corrected chi connectivity index (χ2v) is 6.94. The van der Waals surface area contributed by atoms with Crippen LogP contribution in [0.3, 0.4) is 0 Å². The van der Waals surface area contributed by atoms with E-state index in [0.29, 0.717) is 22.7 Å². The van der Waals surface area contributed by atoms with Gasteiger partial charge in [0.25, 0.3) is 0 Å². The van der Waals surface area contributed by atoms with Gasteiger partial charge < -0.3 is 14.8 Å². The summed E-state index contributed by atoms with van der Waals surface area (Å²) in [6.07, 6.45) is 2.12. The van der Waals surface area contributed by atoms with Gasteiger partial charge in [0, 0.05) is 42.8 Å². The van der Waals surface area contributed by atoms with Crippen molar-refractivity contribution in [2.45, 2.75) is 13.0 Å². The Morgan fingerprint density at radius 1 is 1.26 bits per heavy atom. The number of rotatable bonds is 5. The second-order valence-electron chi connectivity index (χ2n) is 6.09. The molecule has 3 rings (SSSR count). The smallest absolute Gasteiger partial charge is 0.145 e. The van der Waals surface area contributed by atoms with Crippen LogP contribution in [0.5, 0.6) is 5.75 Å². The van der Waals surface area contributed by atoms with E-state index < -0.39 is 0 Å². The van der Waals surface area contributed by atoms with E-state index in [9.17, 15) is 0 Å². The van der Waals surface area contributed by atoms with E-state index >= 15 is 0 Å². The van der Waals surface area contributed by atoms with Crippen LogP contribution in [-0.4, -0.2) is 56.9 Å². The Morgan fingerprint density at radius 2 is 2.04 bits per heavy atom. The maximum absolute atomic E-state index is 6.16. The SMILES string of the molecule is CC(CN1CCOCC1)NCC1=Cc2cc(Cl)cc(Cl)c2OC1. The molecule has 4 nitrogen and oxygen atoms in total. The fourth-order valence-corrected chi connectivity index (χ4v) is 3.47. The molecule has 23 heavy (non-hydrogen) atoms. The van der Waals surface area contributed by atoms with Crippen LogP contribution in [0.15, 0.2) is 17.7 Å². The summed E-state index contributed by atoms with van der Waals surface area (Å²) in [5.41, 5.74) is 2.15. The fraction of sp³-hybridized carbons (Fsp3) is 0.529. The summed E-state index contributed by atoms with van der Waals surface area (Å²) in [5.74, 6) is 0.723. The van der Waals surface area contributed by atoms with Crippen LogP contribution in [0.2, 0.25) is 10.0 Å². The van der Waals surface area contributed by atoms with E-state index in [1.54, 1.807) is 6.07 Å². The van der Waals surface area contributed by atoms with Gasteiger partial charge in [-0.2, -0.15) is 0 Å². The Labute approximate surface area is 147 Å². The topological polar surface area (TPSA) is 33.7 Å². The summed E-state index contributed by atoms with van der Waals surface area (Å²) in [6.45, 7) is 8.31. The summed E-state index contributed by atoms with van der Waals surface area (Å²) in [6, 6.07) is 4.01. The van der Waals surface area contributed by atoms with Crippen molar-refractivity contribution in [2.75, 3.05) is 46.0 Å². The molecule has 1 aromatic carbocycles. The van der Waals surface area contributed by atoms with Gasteiger partial charge in [0.2, 0.25) is 0 Å². The fourth-order valence-electron chi connectivity index (χ4n) is 2.91. The van der Waals surface area contributed by atoms with Crippen molar-refractivity contribution < 1.29 is 9.47 Å². The molecule has 1 unspecified atom stereocenters. The van der Waals surface area contributed by atoms with Crippen LogP contribution in [-0.2, 0) is 4.74 Å². The Bertz CT molecular complexity index is 586. The molecule has 2 heterocycles. The summed E-state index contributed by atoms with van der Waals surface area (Å²) in [4.78, 5) is 2.43. The zero-order valence-electron chi connectivity index (χ0n) is 13.3.